The van der Waals surface area contributed by atoms with Crippen molar-refractivity contribution >= 4 is 6.03 Å². The number of hydrogen-bond donors (Lipinski definition) is 1. The van der Waals surface area contributed by atoms with E-state index in [-0.39, 0.29) is 19.2 Å². The molecule has 0 aromatic carbocycles. The largest absolute Gasteiger partial charge is 0.373 e. The quantitative estimate of drug-likeness (QED) is 0.931. The van der Waals surface area contributed by atoms with Crippen LogP contribution in [0.25, 0.3) is 0 Å². The predicted octanol–water partition coefficient (Wildman–Crippen LogP) is 2.21. The van der Waals surface area contributed by atoms with E-state index in [9.17, 15) is 13.6 Å². The number of hydrogen-bond acceptors (Lipinski definition) is 3. The topological polar surface area (TPSA) is 54.5 Å². The molecule has 1 saturated heterocycles. The highest BCUT2D eigenvalue weighted by Gasteiger charge is 2.38. The van der Waals surface area contributed by atoms with E-state index in [0.717, 1.165) is 23.3 Å². The molecule has 1 aliphatic carbocycles. The van der Waals surface area contributed by atoms with E-state index in [1.165, 1.54) is 0 Å². The van der Waals surface area contributed by atoms with Crippen molar-refractivity contribution in [3.05, 3.63) is 30.1 Å². The number of ether oxygens (including phenoxy) is 1. The Morgan fingerprint density at radius 2 is 2.32 bits per heavy atom. The van der Waals surface area contributed by atoms with Crippen molar-refractivity contribution in [2.45, 2.75) is 24.8 Å². The number of amides is 2. The Kier molecular flexibility index (Phi) is 4.24. The van der Waals surface area contributed by atoms with E-state index in [1.807, 2.05) is 12.1 Å². The SMILES string of the molecule is O=C(NC(c1cccnc1)C1CC1)N1CCOCC(F)(F)C1. The highest BCUT2D eigenvalue weighted by molar-refractivity contribution is 5.75. The van der Waals surface area contributed by atoms with Gasteiger partial charge in [-0.2, -0.15) is 0 Å². The molecule has 1 aromatic heterocycles. The number of carbonyl (C=O) groups is 1. The second-order valence-corrected chi connectivity index (χ2v) is 5.88. The molecule has 0 bridgehead atoms. The van der Waals surface area contributed by atoms with Crippen LogP contribution in [0.1, 0.15) is 24.4 Å². The lowest BCUT2D eigenvalue weighted by Crippen LogP contribution is -2.47. The third kappa shape index (κ3) is 3.71. The van der Waals surface area contributed by atoms with Gasteiger partial charge in [0.2, 0.25) is 0 Å². The molecule has 1 atom stereocenters. The fourth-order valence-corrected chi connectivity index (χ4v) is 2.66. The van der Waals surface area contributed by atoms with Gasteiger partial charge in [-0.25, -0.2) is 13.6 Å². The van der Waals surface area contributed by atoms with E-state index >= 15 is 0 Å². The summed E-state index contributed by atoms with van der Waals surface area (Å²) >= 11 is 0. The average molecular weight is 311 g/mol. The number of halogens is 2. The second kappa shape index (κ2) is 6.16. The molecule has 3 rings (SSSR count). The smallest absolute Gasteiger partial charge is 0.318 e. The summed E-state index contributed by atoms with van der Waals surface area (Å²) in [4.78, 5) is 17.6. The number of carbonyl (C=O) groups excluding carboxylic acids is 1. The van der Waals surface area contributed by atoms with Crippen molar-refractivity contribution in [3.63, 3.8) is 0 Å². The summed E-state index contributed by atoms with van der Waals surface area (Å²) in [6, 6.07) is 3.08. The number of rotatable bonds is 3. The number of nitrogens with one attached hydrogen (secondary N) is 1. The van der Waals surface area contributed by atoms with Gasteiger partial charge >= 0.3 is 6.03 Å². The minimum Gasteiger partial charge on any atom is -0.373 e. The molecule has 2 amide bonds. The van der Waals surface area contributed by atoms with Crippen LogP contribution in [0.2, 0.25) is 0 Å². The van der Waals surface area contributed by atoms with Gasteiger partial charge in [-0.05, 0) is 30.4 Å². The van der Waals surface area contributed by atoms with Crippen LogP contribution in [-0.4, -0.2) is 48.1 Å². The lowest BCUT2D eigenvalue weighted by Gasteiger charge is -2.27. The van der Waals surface area contributed by atoms with Crippen molar-refractivity contribution in [2.75, 3.05) is 26.3 Å². The lowest BCUT2D eigenvalue weighted by molar-refractivity contribution is -0.0652. The Balaban J connectivity index is 1.68. The van der Waals surface area contributed by atoms with E-state index < -0.39 is 25.1 Å². The first-order chi connectivity index (χ1) is 10.6. The van der Waals surface area contributed by atoms with Gasteiger partial charge in [0, 0.05) is 18.9 Å². The molecular formula is C15H19F2N3O2. The van der Waals surface area contributed by atoms with E-state index in [0.29, 0.717) is 5.92 Å². The van der Waals surface area contributed by atoms with E-state index in [4.69, 9.17) is 4.74 Å². The van der Waals surface area contributed by atoms with Gasteiger partial charge in [0.25, 0.3) is 5.92 Å². The minimum atomic E-state index is -3.00. The molecular weight excluding hydrogens is 292 g/mol. The maximum absolute atomic E-state index is 13.5. The summed E-state index contributed by atoms with van der Waals surface area (Å²) in [6.07, 6.45) is 5.43. The lowest BCUT2D eigenvalue weighted by atomic mass is 10.0. The molecule has 1 aromatic rings. The summed E-state index contributed by atoms with van der Waals surface area (Å²) in [6.45, 7) is -0.940. The summed E-state index contributed by atoms with van der Waals surface area (Å²) in [5.41, 5.74) is 0.913. The predicted molar refractivity (Wildman–Crippen MR) is 75.6 cm³/mol. The van der Waals surface area contributed by atoms with Crippen LogP contribution >= 0.6 is 0 Å². The Morgan fingerprint density at radius 1 is 1.50 bits per heavy atom. The van der Waals surface area contributed by atoms with Crippen LogP contribution in [0.4, 0.5) is 13.6 Å². The minimum absolute atomic E-state index is 0.129. The molecule has 120 valence electrons. The van der Waals surface area contributed by atoms with E-state index in [2.05, 4.69) is 10.3 Å². The molecule has 1 saturated carbocycles. The first-order valence-electron chi connectivity index (χ1n) is 7.46. The average Bonchev–Trinajstić information content (AvgIpc) is 3.33. The fourth-order valence-electron chi connectivity index (χ4n) is 2.66. The zero-order chi connectivity index (χ0) is 15.6. The summed E-state index contributed by atoms with van der Waals surface area (Å²) in [7, 11) is 0. The fraction of sp³-hybridized carbons (Fsp3) is 0.600. The molecule has 0 radical (unpaired) electrons. The third-order valence-corrected chi connectivity index (χ3v) is 3.94. The summed E-state index contributed by atoms with van der Waals surface area (Å²) in [5.74, 6) is -2.64. The van der Waals surface area contributed by atoms with Crippen LogP contribution in [0.15, 0.2) is 24.5 Å². The van der Waals surface area contributed by atoms with Gasteiger partial charge in [-0.1, -0.05) is 6.07 Å². The molecule has 2 aliphatic rings. The van der Waals surface area contributed by atoms with Crippen molar-refractivity contribution in [1.82, 2.24) is 15.2 Å². The van der Waals surface area contributed by atoms with Crippen LogP contribution in [-0.2, 0) is 4.74 Å². The third-order valence-electron chi connectivity index (χ3n) is 3.94. The Morgan fingerprint density at radius 3 is 3.00 bits per heavy atom. The maximum Gasteiger partial charge on any atom is 0.318 e. The first-order valence-corrected chi connectivity index (χ1v) is 7.46. The number of aromatic nitrogens is 1. The maximum atomic E-state index is 13.5. The Bertz CT molecular complexity index is 523. The van der Waals surface area contributed by atoms with Gasteiger partial charge in [0.1, 0.15) is 6.61 Å². The zero-order valence-electron chi connectivity index (χ0n) is 12.2. The van der Waals surface area contributed by atoms with Crippen molar-refractivity contribution in [3.8, 4) is 0 Å². The number of urea groups is 1. The van der Waals surface area contributed by atoms with E-state index in [1.54, 1.807) is 12.4 Å². The Labute approximate surface area is 127 Å². The first kappa shape index (κ1) is 15.1. The number of alkyl halides is 2. The highest BCUT2D eigenvalue weighted by Crippen LogP contribution is 2.40. The van der Waals surface area contributed by atoms with Crippen LogP contribution in [0.3, 0.4) is 0 Å². The highest BCUT2D eigenvalue weighted by atomic mass is 19.3. The molecule has 1 aliphatic heterocycles. The summed E-state index contributed by atoms with van der Waals surface area (Å²) in [5, 5.41) is 2.89. The molecule has 5 nitrogen and oxygen atoms in total. The van der Waals surface area contributed by atoms with Crippen molar-refractivity contribution in [1.29, 1.82) is 0 Å². The second-order valence-electron chi connectivity index (χ2n) is 5.88. The molecule has 2 heterocycles. The molecule has 7 heteroatoms. The van der Waals surface area contributed by atoms with Gasteiger partial charge < -0.3 is 15.0 Å². The molecule has 2 fully saturated rings. The van der Waals surface area contributed by atoms with Gasteiger partial charge in [0.05, 0.1) is 19.2 Å². The van der Waals surface area contributed by atoms with Crippen LogP contribution in [0, 0.1) is 5.92 Å². The zero-order valence-corrected chi connectivity index (χ0v) is 12.2. The number of pyridine rings is 1. The Hall–Kier alpha value is -1.76. The van der Waals surface area contributed by atoms with Crippen LogP contribution < -0.4 is 5.32 Å². The monoisotopic (exact) mass is 311 g/mol. The summed E-state index contributed by atoms with van der Waals surface area (Å²) < 4.78 is 32.0. The van der Waals surface area contributed by atoms with Gasteiger partial charge in [0.15, 0.2) is 0 Å². The van der Waals surface area contributed by atoms with Crippen molar-refractivity contribution in [2.24, 2.45) is 5.92 Å². The molecule has 1 unspecified atom stereocenters. The van der Waals surface area contributed by atoms with Crippen molar-refractivity contribution < 1.29 is 18.3 Å². The molecule has 22 heavy (non-hydrogen) atoms. The van der Waals surface area contributed by atoms with Gasteiger partial charge in [-0.15, -0.1) is 0 Å². The number of nitrogens with zero attached hydrogens (tertiary/aromatic N) is 2. The standard InChI is InChI=1S/C15H19F2N3O2/c16-15(17)9-20(6-7-22-10-15)14(21)19-13(11-3-4-11)12-2-1-5-18-8-12/h1-2,5,8,11,13H,3-4,6-7,9-10H2,(H,19,21). The normalized spacial score (nSPS) is 22.7. The van der Waals surface area contributed by atoms with Crippen LogP contribution in [0.5, 0.6) is 0 Å². The molecule has 1 N–H and O–H groups in total. The molecule has 0 spiro atoms. The van der Waals surface area contributed by atoms with Gasteiger partial charge in [-0.3, -0.25) is 4.98 Å².